The summed E-state index contributed by atoms with van der Waals surface area (Å²) in [6.07, 6.45) is 13.4. The van der Waals surface area contributed by atoms with Gasteiger partial charge in [-0.1, -0.05) is 36.7 Å². The largest absolute Gasteiger partial charge is 0.487 e. The van der Waals surface area contributed by atoms with E-state index in [4.69, 9.17) is 21.1 Å². The first kappa shape index (κ1) is 39.7. The zero-order chi connectivity index (χ0) is 38.6. The molecule has 55 heavy (non-hydrogen) atoms. The van der Waals surface area contributed by atoms with E-state index in [1.165, 1.54) is 5.56 Å². The number of ether oxygens (including phenoxy) is 2. The van der Waals surface area contributed by atoms with Crippen LogP contribution in [0.4, 0.5) is 5.69 Å². The number of carbonyl (C=O) groups is 1. The number of nitrogens with one attached hydrogen (secondary N) is 1. The lowest BCUT2D eigenvalue weighted by Crippen LogP contribution is -2.58. The Bertz CT molecular complexity index is 1940. The van der Waals surface area contributed by atoms with Crippen LogP contribution in [0, 0.1) is 17.8 Å². The van der Waals surface area contributed by atoms with E-state index in [9.17, 15) is 13.2 Å². The van der Waals surface area contributed by atoms with Crippen molar-refractivity contribution in [1.29, 1.82) is 0 Å². The summed E-state index contributed by atoms with van der Waals surface area (Å²) in [5.74, 6) is 1.21. The number of anilines is 1. The Morgan fingerprint density at radius 3 is 2.51 bits per heavy atom. The highest BCUT2D eigenvalue weighted by molar-refractivity contribution is 7.90. The second kappa shape index (κ2) is 17.3. The Kier molecular flexibility index (Phi) is 12.5. The zero-order valence-corrected chi connectivity index (χ0v) is 33.9. The van der Waals surface area contributed by atoms with Crippen molar-refractivity contribution in [3.63, 3.8) is 0 Å². The molecule has 4 aliphatic rings. The molecule has 1 amide bonds. The van der Waals surface area contributed by atoms with Gasteiger partial charge in [-0.3, -0.25) is 14.6 Å². The number of nitrogens with zero attached hydrogens (tertiary/aromatic N) is 5. The molecule has 1 aromatic heterocycles. The number of halogens is 1. The van der Waals surface area contributed by atoms with Crippen LogP contribution in [0.3, 0.4) is 0 Å². The van der Waals surface area contributed by atoms with Gasteiger partial charge in [0.25, 0.3) is 5.91 Å². The summed E-state index contributed by atoms with van der Waals surface area (Å²) in [7, 11) is -2.14. The molecule has 2 aromatic carbocycles. The molecule has 11 nitrogen and oxygen atoms in total. The van der Waals surface area contributed by atoms with Crippen LogP contribution in [-0.4, -0.2) is 97.9 Å². The van der Waals surface area contributed by atoms with Gasteiger partial charge in [0, 0.05) is 75.9 Å². The van der Waals surface area contributed by atoms with Gasteiger partial charge in [0.05, 0.1) is 17.5 Å². The van der Waals surface area contributed by atoms with E-state index in [-0.39, 0.29) is 11.8 Å². The molecule has 0 radical (unpaired) electrons. The van der Waals surface area contributed by atoms with Crippen molar-refractivity contribution in [2.45, 2.75) is 76.4 Å². The van der Waals surface area contributed by atoms with Crippen molar-refractivity contribution in [2.24, 2.45) is 17.8 Å². The Balaban J connectivity index is 1.20. The fraction of sp³-hybridized carbons (Fsp3) is 0.548. The highest BCUT2D eigenvalue weighted by atomic mass is 35.5. The summed E-state index contributed by atoms with van der Waals surface area (Å²) in [6, 6.07) is 13.1. The van der Waals surface area contributed by atoms with Crippen molar-refractivity contribution in [3.05, 3.63) is 94.5 Å². The topological polar surface area (TPSA) is 117 Å². The van der Waals surface area contributed by atoms with E-state index in [1.54, 1.807) is 25.4 Å². The number of aromatic nitrogens is 2. The summed E-state index contributed by atoms with van der Waals surface area (Å²) in [6.45, 7) is 10.6. The van der Waals surface area contributed by atoms with Gasteiger partial charge >= 0.3 is 0 Å². The molecule has 296 valence electrons. The van der Waals surface area contributed by atoms with Gasteiger partial charge < -0.3 is 14.4 Å². The number of benzene rings is 2. The minimum atomic E-state index is -3.97. The molecule has 5 atom stereocenters. The summed E-state index contributed by atoms with van der Waals surface area (Å²) >= 11 is 6.41. The van der Waals surface area contributed by atoms with Crippen LogP contribution in [0.2, 0.25) is 5.02 Å². The van der Waals surface area contributed by atoms with E-state index < -0.39 is 26.8 Å². The lowest BCUT2D eigenvalue weighted by atomic mass is 9.63. The maximum atomic E-state index is 13.6. The molecule has 7 rings (SSSR count). The minimum Gasteiger partial charge on any atom is -0.487 e. The molecule has 3 aromatic rings. The van der Waals surface area contributed by atoms with E-state index >= 15 is 0 Å². The molecule has 1 N–H and O–H groups in total. The van der Waals surface area contributed by atoms with Gasteiger partial charge in [-0.05, 0) is 111 Å². The second-order valence-corrected chi connectivity index (χ2v) is 18.4. The SMILES string of the molecule is CO[C@@]1(CN2CCN(Cc3ncccn3)CC2)/C=C/C[C@H](C)[C@@H](C)S(=O)(=O)NC(=O)c2ccc3c(c2)N(CCCCc2cc(Cl)ccc2CO3)C[C@@H]2CC[C@H]21. The number of allylic oxidation sites excluding steroid dienone is 1. The van der Waals surface area contributed by atoms with E-state index in [0.717, 1.165) is 102 Å². The minimum absolute atomic E-state index is 0.237. The van der Waals surface area contributed by atoms with Crippen LogP contribution in [0.5, 0.6) is 5.75 Å². The third-order valence-electron chi connectivity index (χ3n) is 12.5. The second-order valence-electron chi connectivity index (χ2n) is 15.9. The molecule has 1 aliphatic carbocycles. The Morgan fingerprint density at radius 1 is 0.982 bits per heavy atom. The van der Waals surface area contributed by atoms with Crippen molar-refractivity contribution < 1.29 is 22.7 Å². The fourth-order valence-electron chi connectivity index (χ4n) is 8.70. The van der Waals surface area contributed by atoms with Gasteiger partial charge in [0.15, 0.2) is 0 Å². The van der Waals surface area contributed by atoms with Crippen molar-refractivity contribution in [2.75, 3.05) is 57.8 Å². The first-order valence-corrected chi connectivity index (χ1v) is 21.7. The zero-order valence-electron chi connectivity index (χ0n) is 32.3. The van der Waals surface area contributed by atoms with Crippen LogP contribution in [0.1, 0.15) is 73.3 Å². The molecule has 2 fully saturated rings. The maximum absolute atomic E-state index is 13.6. The maximum Gasteiger partial charge on any atom is 0.264 e. The van der Waals surface area contributed by atoms with Crippen LogP contribution >= 0.6 is 11.6 Å². The quantitative estimate of drug-likeness (QED) is 0.303. The molecule has 0 unspecified atom stereocenters. The average Bonchev–Trinajstić information content (AvgIpc) is 3.19. The van der Waals surface area contributed by atoms with Gasteiger partial charge in [-0.2, -0.15) is 0 Å². The number of rotatable bonds is 5. The van der Waals surface area contributed by atoms with Crippen LogP contribution in [0.15, 0.2) is 67.0 Å². The van der Waals surface area contributed by atoms with E-state index in [0.29, 0.717) is 35.3 Å². The number of carbonyl (C=O) groups excluding carboxylic acids is 1. The molecule has 2 bridgehead atoms. The lowest BCUT2D eigenvalue weighted by Gasteiger charge is -2.52. The van der Waals surface area contributed by atoms with Crippen molar-refractivity contribution in [3.8, 4) is 5.75 Å². The third kappa shape index (κ3) is 9.20. The Labute approximate surface area is 331 Å². The summed E-state index contributed by atoms with van der Waals surface area (Å²) in [5.41, 5.74) is 2.80. The average molecular weight is 791 g/mol. The highest BCUT2D eigenvalue weighted by Gasteiger charge is 2.48. The smallest absolute Gasteiger partial charge is 0.264 e. The first-order chi connectivity index (χ1) is 26.5. The van der Waals surface area contributed by atoms with E-state index in [1.807, 2.05) is 50.4 Å². The van der Waals surface area contributed by atoms with Gasteiger partial charge in [0.1, 0.15) is 23.8 Å². The molecule has 1 saturated heterocycles. The fourth-order valence-corrected chi connectivity index (χ4v) is 10.2. The van der Waals surface area contributed by atoms with E-state index in [2.05, 4.69) is 41.5 Å². The highest BCUT2D eigenvalue weighted by Crippen LogP contribution is 2.47. The Morgan fingerprint density at radius 2 is 1.76 bits per heavy atom. The molecule has 3 aliphatic heterocycles. The molecule has 1 saturated carbocycles. The predicted molar refractivity (Wildman–Crippen MR) is 216 cm³/mol. The summed E-state index contributed by atoms with van der Waals surface area (Å²) in [5, 5.41) is -0.0814. The number of hydrogen-bond donors (Lipinski definition) is 1. The summed E-state index contributed by atoms with van der Waals surface area (Å²) < 4.78 is 42.9. The number of methoxy groups -OCH3 is 1. The van der Waals surface area contributed by atoms with Gasteiger partial charge in [0.2, 0.25) is 10.0 Å². The number of aryl methyl sites for hydroxylation is 1. The van der Waals surface area contributed by atoms with Gasteiger partial charge in [-0.15, -0.1) is 0 Å². The molecule has 4 heterocycles. The molecular formula is C42H55ClN6O5S. The lowest BCUT2D eigenvalue weighted by molar-refractivity contribution is -0.0956. The van der Waals surface area contributed by atoms with Crippen molar-refractivity contribution in [1.82, 2.24) is 24.5 Å². The Hall–Kier alpha value is -3.55. The van der Waals surface area contributed by atoms with Crippen molar-refractivity contribution >= 4 is 33.2 Å². The molecule has 0 spiro atoms. The number of piperazine rings is 1. The summed E-state index contributed by atoms with van der Waals surface area (Å²) in [4.78, 5) is 29.8. The normalized spacial score (nSPS) is 28.7. The van der Waals surface area contributed by atoms with Crippen LogP contribution in [-0.2, 0) is 34.3 Å². The number of sulfonamides is 1. The molecule has 13 heteroatoms. The number of fused-ring (bicyclic) bond motifs is 3. The number of hydrogen-bond acceptors (Lipinski definition) is 10. The standard InChI is InChI=1S/C42H55ClN6O5S/c1-30-8-6-16-42(53-3,29-48-22-20-47(21-23-48)27-40-44-17-7-18-45-40)37-14-11-34(37)26-49-19-5-4-9-32-24-36(43)13-10-35(32)28-54-39-15-12-33(25-38(39)49)41(50)46-55(51,52)31(30)2/h6-7,10,12-13,15-18,24-25,30-31,34,37H,4-5,8-9,11,14,19-23,26-29H2,1-3H3,(H,46,50)/b16-6+/t30-,31+,34-,37+,42+/m0/s1. The monoisotopic (exact) mass is 790 g/mol. The van der Waals surface area contributed by atoms with Crippen LogP contribution in [0.25, 0.3) is 0 Å². The van der Waals surface area contributed by atoms with Gasteiger partial charge in [-0.25, -0.2) is 23.1 Å². The molecular weight excluding hydrogens is 736 g/mol. The van der Waals surface area contributed by atoms with Crippen LogP contribution < -0.4 is 14.4 Å². The number of amides is 1. The first-order valence-electron chi connectivity index (χ1n) is 19.8. The predicted octanol–water partition coefficient (Wildman–Crippen LogP) is 6.13. The third-order valence-corrected chi connectivity index (χ3v) is 14.6.